The van der Waals surface area contributed by atoms with E-state index in [1.807, 2.05) is 0 Å². The van der Waals surface area contributed by atoms with Crippen LogP contribution in [0.1, 0.15) is 16.7 Å². The number of aromatic nitrogens is 1. The Bertz CT molecular complexity index is 787. The van der Waals surface area contributed by atoms with Gasteiger partial charge in [0.1, 0.15) is 0 Å². The zero-order chi connectivity index (χ0) is 14.8. The van der Waals surface area contributed by atoms with E-state index < -0.39 is 0 Å². The monoisotopic (exact) mass is 273 g/mol. The fourth-order valence-electron chi connectivity index (χ4n) is 2.62. The van der Waals surface area contributed by atoms with Crippen molar-refractivity contribution in [3.63, 3.8) is 0 Å². The highest BCUT2D eigenvalue weighted by molar-refractivity contribution is 5.70. The zero-order valence-electron chi connectivity index (χ0n) is 12.7. The molecule has 0 aliphatic carbocycles. The summed E-state index contributed by atoms with van der Waals surface area (Å²) in [4.78, 5) is 4.88. The van der Waals surface area contributed by atoms with Crippen LogP contribution in [0.25, 0.3) is 22.5 Å². The molecule has 2 aromatic carbocycles. The first-order valence-corrected chi connectivity index (χ1v) is 7.26. The molecule has 3 aromatic rings. The maximum absolute atomic E-state index is 4.88. The molecule has 0 bridgehead atoms. The van der Waals surface area contributed by atoms with Crippen LogP contribution in [0.3, 0.4) is 0 Å². The van der Waals surface area contributed by atoms with Gasteiger partial charge >= 0.3 is 0 Å². The molecule has 0 fully saturated rings. The molecule has 21 heavy (non-hydrogen) atoms. The highest BCUT2D eigenvalue weighted by atomic mass is 14.7. The summed E-state index contributed by atoms with van der Waals surface area (Å²) in [5.74, 6) is 0. The summed E-state index contributed by atoms with van der Waals surface area (Å²) in [7, 11) is 0. The van der Waals surface area contributed by atoms with Gasteiger partial charge in [-0.15, -0.1) is 0 Å². The maximum atomic E-state index is 4.88. The molecule has 0 atom stereocenters. The smallest absolute Gasteiger partial charge is 0.0712 e. The van der Waals surface area contributed by atoms with Gasteiger partial charge in [0.25, 0.3) is 0 Å². The summed E-state index contributed by atoms with van der Waals surface area (Å²) in [6.45, 7) is 6.43. The van der Waals surface area contributed by atoms with Gasteiger partial charge in [0.05, 0.1) is 11.4 Å². The van der Waals surface area contributed by atoms with E-state index in [9.17, 15) is 0 Å². The van der Waals surface area contributed by atoms with Crippen molar-refractivity contribution in [1.29, 1.82) is 0 Å². The lowest BCUT2D eigenvalue weighted by molar-refractivity contribution is 1.27. The van der Waals surface area contributed by atoms with E-state index in [1.54, 1.807) is 0 Å². The van der Waals surface area contributed by atoms with E-state index in [2.05, 4.69) is 81.4 Å². The van der Waals surface area contributed by atoms with Crippen molar-refractivity contribution in [1.82, 2.24) is 4.98 Å². The number of hydrogen-bond donors (Lipinski definition) is 0. The highest BCUT2D eigenvalue weighted by Gasteiger charge is 2.08. The number of pyridine rings is 1. The molecular weight excluding hydrogens is 254 g/mol. The molecule has 0 N–H and O–H groups in total. The molecule has 0 aliphatic rings. The molecule has 1 aromatic heterocycles. The molecule has 0 amide bonds. The topological polar surface area (TPSA) is 12.9 Å². The van der Waals surface area contributed by atoms with E-state index in [-0.39, 0.29) is 0 Å². The molecular formula is C20H19N. The lowest BCUT2D eigenvalue weighted by atomic mass is 9.99. The van der Waals surface area contributed by atoms with Crippen molar-refractivity contribution in [2.45, 2.75) is 20.8 Å². The molecule has 0 unspecified atom stereocenters. The molecule has 1 heterocycles. The van der Waals surface area contributed by atoms with Crippen LogP contribution in [0.5, 0.6) is 0 Å². The van der Waals surface area contributed by atoms with Crippen molar-refractivity contribution in [3.8, 4) is 22.5 Å². The molecule has 0 aliphatic heterocycles. The van der Waals surface area contributed by atoms with Gasteiger partial charge in [-0.1, -0.05) is 48.5 Å². The number of aryl methyl sites for hydroxylation is 2. The first kappa shape index (κ1) is 13.6. The molecule has 104 valence electrons. The van der Waals surface area contributed by atoms with Crippen molar-refractivity contribution >= 4 is 0 Å². The molecule has 3 rings (SSSR count). The fourth-order valence-corrected chi connectivity index (χ4v) is 2.62. The lowest BCUT2D eigenvalue weighted by Crippen LogP contribution is -1.92. The second kappa shape index (κ2) is 5.53. The van der Waals surface area contributed by atoms with E-state index in [0.717, 1.165) is 11.4 Å². The number of rotatable bonds is 2. The standard InChI is InChI=1S/C20H19N/c1-14-9-6-11-18(16(14)3)20-13-7-12-19(21-20)17-10-5-4-8-15(17)2/h4-13H,1-3H3. The van der Waals surface area contributed by atoms with Gasteiger partial charge in [-0.25, -0.2) is 4.98 Å². The second-order valence-electron chi connectivity index (χ2n) is 5.47. The predicted octanol–water partition coefficient (Wildman–Crippen LogP) is 5.34. The van der Waals surface area contributed by atoms with Crippen LogP contribution < -0.4 is 0 Å². The quantitative estimate of drug-likeness (QED) is 0.614. The van der Waals surface area contributed by atoms with E-state index in [1.165, 1.54) is 27.8 Å². The molecule has 1 nitrogen and oxygen atoms in total. The molecule has 1 heteroatoms. The summed E-state index contributed by atoms with van der Waals surface area (Å²) in [6, 6.07) is 21.0. The van der Waals surface area contributed by atoms with Crippen LogP contribution >= 0.6 is 0 Å². The maximum Gasteiger partial charge on any atom is 0.0712 e. The van der Waals surface area contributed by atoms with Crippen molar-refractivity contribution < 1.29 is 0 Å². The Morgan fingerprint density at radius 2 is 1.14 bits per heavy atom. The van der Waals surface area contributed by atoms with Crippen molar-refractivity contribution in [2.24, 2.45) is 0 Å². The SMILES string of the molecule is Cc1ccccc1-c1cccc(-c2cccc(C)c2C)n1. The van der Waals surface area contributed by atoms with E-state index >= 15 is 0 Å². The van der Waals surface area contributed by atoms with Crippen molar-refractivity contribution in [2.75, 3.05) is 0 Å². The third kappa shape index (κ3) is 2.59. The van der Waals surface area contributed by atoms with Gasteiger partial charge in [0, 0.05) is 11.1 Å². The third-order valence-electron chi connectivity index (χ3n) is 4.05. The summed E-state index contributed by atoms with van der Waals surface area (Å²) in [6.07, 6.45) is 0. The molecule has 0 saturated heterocycles. The molecule has 0 saturated carbocycles. The molecule has 0 radical (unpaired) electrons. The highest BCUT2D eigenvalue weighted by Crippen LogP contribution is 2.27. The first-order chi connectivity index (χ1) is 10.2. The Labute approximate surface area is 126 Å². The Balaban J connectivity index is 2.13. The van der Waals surface area contributed by atoms with Crippen molar-refractivity contribution in [3.05, 3.63) is 77.4 Å². The largest absolute Gasteiger partial charge is 0.248 e. The lowest BCUT2D eigenvalue weighted by Gasteiger charge is -2.10. The Morgan fingerprint density at radius 1 is 0.571 bits per heavy atom. The van der Waals surface area contributed by atoms with Gasteiger partial charge in [-0.2, -0.15) is 0 Å². The van der Waals surface area contributed by atoms with Crippen LogP contribution in [0.15, 0.2) is 60.7 Å². The Morgan fingerprint density at radius 3 is 1.90 bits per heavy atom. The minimum atomic E-state index is 1.03. The third-order valence-corrected chi connectivity index (χ3v) is 4.05. The minimum Gasteiger partial charge on any atom is -0.248 e. The van der Waals surface area contributed by atoms with Gasteiger partial charge in [-0.05, 0) is 49.6 Å². The Kier molecular flexibility index (Phi) is 3.57. The second-order valence-corrected chi connectivity index (χ2v) is 5.47. The molecule has 0 spiro atoms. The van der Waals surface area contributed by atoms with Gasteiger partial charge in [0.15, 0.2) is 0 Å². The van der Waals surface area contributed by atoms with Crippen LogP contribution in [-0.2, 0) is 0 Å². The number of nitrogens with zero attached hydrogens (tertiary/aromatic N) is 1. The van der Waals surface area contributed by atoms with Gasteiger partial charge in [0.2, 0.25) is 0 Å². The van der Waals surface area contributed by atoms with E-state index in [0.29, 0.717) is 0 Å². The van der Waals surface area contributed by atoms with Gasteiger partial charge < -0.3 is 0 Å². The average molecular weight is 273 g/mol. The summed E-state index contributed by atoms with van der Waals surface area (Å²) in [5, 5.41) is 0. The summed E-state index contributed by atoms with van der Waals surface area (Å²) >= 11 is 0. The van der Waals surface area contributed by atoms with Crippen LogP contribution in [0, 0.1) is 20.8 Å². The average Bonchev–Trinajstić information content (AvgIpc) is 2.51. The fraction of sp³-hybridized carbons (Fsp3) is 0.150. The number of benzene rings is 2. The normalized spacial score (nSPS) is 10.6. The number of hydrogen-bond acceptors (Lipinski definition) is 1. The van der Waals surface area contributed by atoms with Crippen LogP contribution in [0.2, 0.25) is 0 Å². The van der Waals surface area contributed by atoms with Crippen LogP contribution in [-0.4, -0.2) is 4.98 Å². The minimum absolute atomic E-state index is 1.03. The Hall–Kier alpha value is -2.41. The van der Waals surface area contributed by atoms with E-state index in [4.69, 9.17) is 4.98 Å². The van der Waals surface area contributed by atoms with Crippen LogP contribution in [0.4, 0.5) is 0 Å². The summed E-state index contributed by atoms with van der Waals surface area (Å²) < 4.78 is 0. The zero-order valence-corrected chi connectivity index (χ0v) is 12.7. The summed E-state index contributed by atoms with van der Waals surface area (Å²) in [5.41, 5.74) is 8.34. The predicted molar refractivity (Wildman–Crippen MR) is 89.3 cm³/mol. The first-order valence-electron chi connectivity index (χ1n) is 7.26. The van der Waals surface area contributed by atoms with Gasteiger partial charge in [-0.3, -0.25) is 0 Å².